The maximum Gasteiger partial charge on any atom is 0.401 e. The lowest BCUT2D eigenvalue weighted by atomic mass is 10.1. The van der Waals surface area contributed by atoms with Crippen LogP contribution in [0.25, 0.3) is 0 Å². The van der Waals surface area contributed by atoms with Crippen molar-refractivity contribution in [1.82, 2.24) is 10.2 Å². The minimum Gasteiger partial charge on any atom is -0.316 e. The molecule has 2 nitrogen and oxygen atoms in total. The van der Waals surface area contributed by atoms with Crippen LogP contribution in [0.4, 0.5) is 13.2 Å². The Morgan fingerprint density at radius 3 is 2.12 bits per heavy atom. The lowest BCUT2D eigenvalue weighted by molar-refractivity contribution is -0.150. The molecule has 5 heteroatoms. The molecule has 0 saturated heterocycles. The molecule has 16 heavy (non-hydrogen) atoms. The number of alkyl halides is 3. The van der Waals surface area contributed by atoms with Gasteiger partial charge in [0.2, 0.25) is 0 Å². The summed E-state index contributed by atoms with van der Waals surface area (Å²) in [6.07, 6.45) is -2.24. The second-order valence-electron chi connectivity index (χ2n) is 4.41. The van der Waals surface area contributed by atoms with Crippen LogP contribution in [-0.2, 0) is 0 Å². The first-order valence-electron chi connectivity index (χ1n) is 5.78. The number of halogens is 3. The molecule has 0 aromatic carbocycles. The highest BCUT2D eigenvalue weighted by Crippen LogP contribution is 2.18. The third-order valence-corrected chi connectivity index (χ3v) is 2.61. The second kappa shape index (κ2) is 7.12. The van der Waals surface area contributed by atoms with Gasteiger partial charge < -0.3 is 5.32 Å². The Bertz CT molecular complexity index is 181. The smallest absolute Gasteiger partial charge is 0.316 e. The maximum atomic E-state index is 12.3. The van der Waals surface area contributed by atoms with Crippen molar-refractivity contribution in [3.05, 3.63) is 0 Å². The molecule has 0 bridgehead atoms. The quantitative estimate of drug-likeness (QED) is 0.736. The average molecular weight is 240 g/mol. The van der Waals surface area contributed by atoms with E-state index in [2.05, 4.69) is 5.32 Å². The van der Waals surface area contributed by atoms with E-state index in [1.54, 1.807) is 20.9 Å². The molecule has 0 aliphatic carbocycles. The van der Waals surface area contributed by atoms with Crippen molar-refractivity contribution in [3.63, 3.8) is 0 Å². The zero-order chi connectivity index (χ0) is 12.8. The Labute approximate surface area is 96.2 Å². The molecule has 0 saturated carbocycles. The van der Waals surface area contributed by atoms with Gasteiger partial charge in [0.25, 0.3) is 0 Å². The zero-order valence-electron chi connectivity index (χ0n) is 10.6. The van der Waals surface area contributed by atoms with Crippen LogP contribution in [0.2, 0.25) is 0 Å². The third kappa shape index (κ3) is 7.06. The summed E-state index contributed by atoms with van der Waals surface area (Å²) in [7, 11) is 1.80. The highest BCUT2D eigenvalue weighted by Gasteiger charge is 2.32. The molecule has 0 aliphatic heterocycles. The molecule has 1 N–H and O–H groups in total. The second-order valence-corrected chi connectivity index (χ2v) is 4.41. The SMILES string of the molecule is CCCC(CN(CC(F)(F)F)C(C)C)NC. The van der Waals surface area contributed by atoms with Gasteiger partial charge in [-0.1, -0.05) is 13.3 Å². The van der Waals surface area contributed by atoms with Crippen LogP contribution in [0.3, 0.4) is 0 Å². The Morgan fingerprint density at radius 1 is 1.25 bits per heavy atom. The Balaban J connectivity index is 4.31. The van der Waals surface area contributed by atoms with Gasteiger partial charge >= 0.3 is 6.18 Å². The first-order valence-corrected chi connectivity index (χ1v) is 5.78. The molecule has 1 atom stereocenters. The molecular formula is C11H23F3N2. The molecule has 0 aliphatic rings. The van der Waals surface area contributed by atoms with E-state index in [4.69, 9.17) is 0 Å². The summed E-state index contributed by atoms with van der Waals surface area (Å²) in [5, 5.41) is 3.07. The monoisotopic (exact) mass is 240 g/mol. The molecule has 0 rings (SSSR count). The zero-order valence-corrected chi connectivity index (χ0v) is 10.6. The van der Waals surface area contributed by atoms with E-state index in [0.717, 1.165) is 12.8 Å². The number of rotatable bonds is 7. The minimum absolute atomic E-state index is 0.0886. The predicted molar refractivity (Wildman–Crippen MR) is 60.5 cm³/mol. The number of nitrogens with one attached hydrogen (secondary N) is 1. The molecule has 0 radical (unpaired) electrons. The highest BCUT2D eigenvalue weighted by atomic mass is 19.4. The fraction of sp³-hybridized carbons (Fsp3) is 1.00. The lowest BCUT2D eigenvalue weighted by Gasteiger charge is -2.31. The van der Waals surface area contributed by atoms with Crippen molar-refractivity contribution in [2.24, 2.45) is 0 Å². The van der Waals surface area contributed by atoms with Gasteiger partial charge in [0, 0.05) is 18.6 Å². The number of hydrogen-bond donors (Lipinski definition) is 1. The number of nitrogens with zero attached hydrogens (tertiary/aromatic N) is 1. The molecule has 0 fully saturated rings. The van der Waals surface area contributed by atoms with Crippen LogP contribution in [0.5, 0.6) is 0 Å². The maximum absolute atomic E-state index is 12.3. The molecule has 98 valence electrons. The van der Waals surface area contributed by atoms with Crippen molar-refractivity contribution in [2.75, 3.05) is 20.1 Å². The van der Waals surface area contributed by atoms with Gasteiger partial charge in [0.1, 0.15) is 0 Å². The summed E-state index contributed by atoms with van der Waals surface area (Å²) >= 11 is 0. The van der Waals surface area contributed by atoms with Crippen molar-refractivity contribution in [3.8, 4) is 0 Å². The number of likely N-dealkylation sites (N-methyl/N-ethyl adjacent to an activating group) is 1. The van der Waals surface area contributed by atoms with Gasteiger partial charge in [0.05, 0.1) is 6.54 Å². The van der Waals surface area contributed by atoms with Crippen LogP contribution in [0.1, 0.15) is 33.6 Å². The fourth-order valence-corrected chi connectivity index (χ4v) is 1.65. The first kappa shape index (κ1) is 15.7. The van der Waals surface area contributed by atoms with Gasteiger partial charge in [-0.25, -0.2) is 0 Å². The molecule has 1 unspecified atom stereocenters. The first-order chi connectivity index (χ1) is 7.30. The van der Waals surface area contributed by atoms with Crippen molar-refractivity contribution in [1.29, 1.82) is 0 Å². The molecule has 0 aromatic heterocycles. The molecule has 0 spiro atoms. The molecular weight excluding hydrogens is 217 g/mol. The number of hydrogen-bond acceptors (Lipinski definition) is 2. The summed E-state index contributed by atoms with van der Waals surface area (Å²) in [5.41, 5.74) is 0. The van der Waals surface area contributed by atoms with Crippen LogP contribution < -0.4 is 5.32 Å². The Kier molecular flexibility index (Phi) is 6.99. The van der Waals surface area contributed by atoms with Gasteiger partial charge in [-0.3, -0.25) is 4.90 Å². The van der Waals surface area contributed by atoms with Gasteiger partial charge in [-0.15, -0.1) is 0 Å². The largest absolute Gasteiger partial charge is 0.401 e. The lowest BCUT2D eigenvalue weighted by Crippen LogP contribution is -2.46. The van der Waals surface area contributed by atoms with E-state index in [1.807, 2.05) is 6.92 Å². The van der Waals surface area contributed by atoms with Crippen molar-refractivity contribution < 1.29 is 13.2 Å². The van der Waals surface area contributed by atoms with E-state index >= 15 is 0 Å². The van der Waals surface area contributed by atoms with E-state index in [0.29, 0.717) is 6.54 Å². The Morgan fingerprint density at radius 2 is 1.81 bits per heavy atom. The average Bonchev–Trinajstić information content (AvgIpc) is 2.13. The van der Waals surface area contributed by atoms with Crippen LogP contribution in [0, 0.1) is 0 Å². The topological polar surface area (TPSA) is 15.3 Å². The van der Waals surface area contributed by atoms with Gasteiger partial charge in [-0.2, -0.15) is 13.2 Å². The summed E-state index contributed by atoms with van der Waals surface area (Å²) < 4.78 is 37.0. The van der Waals surface area contributed by atoms with E-state index in [9.17, 15) is 13.2 Å². The van der Waals surface area contributed by atoms with E-state index in [1.165, 1.54) is 4.90 Å². The summed E-state index contributed by atoms with van der Waals surface area (Å²) in [6, 6.07) is 0.0454. The van der Waals surface area contributed by atoms with Crippen LogP contribution in [0.15, 0.2) is 0 Å². The third-order valence-electron chi connectivity index (χ3n) is 2.61. The van der Waals surface area contributed by atoms with Crippen molar-refractivity contribution in [2.45, 2.75) is 51.9 Å². The summed E-state index contributed by atoms with van der Waals surface area (Å²) in [4.78, 5) is 1.47. The standard InChI is InChI=1S/C11H23F3N2/c1-5-6-10(15-4)7-16(9(2)3)8-11(12,13)14/h9-10,15H,5-8H2,1-4H3. The van der Waals surface area contributed by atoms with Gasteiger partial charge in [-0.05, 0) is 27.3 Å². The normalized spacial score (nSPS) is 14.8. The van der Waals surface area contributed by atoms with Crippen molar-refractivity contribution >= 4 is 0 Å². The summed E-state index contributed by atoms with van der Waals surface area (Å²) in [6.45, 7) is 5.25. The fourth-order valence-electron chi connectivity index (χ4n) is 1.65. The minimum atomic E-state index is -4.12. The van der Waals surface area contributed by atoms with Gasteiger partial charge in [0.15, 0.2) is 0 Å². The highest BCUT2D eigenvalue weighted by molar-refractivity contribution is 4.74. The van der Waals surface area contributed by atoms with E-state index < -0.39 is 12.7 Å². The van der Waals surface area contributed by atoms with Crippen LogP contribution >= 0.6 is 0 Å². The molecule has 0 amide bonds. The predicted octanol–water partition coefficient (Wildman–Crippen LogP) is 2.65. The van der Waals surface area contributed by atoms with E-state index in [-0.39, 0.29) is 12.1 Å². The molecule has 0 heterocycles. The Hall–Kier alpha value is -0.290. The summed E-state index contributed by atoms with van der Waals surface area (Å²) in [5.74, 6) is 0. The van der Waals surface area contributed by atoms with Crippen LogP contribution in [-0.4, -0.2) is 43.3 Å². The molecule has 0 aromatic rings.